The third-order valence-electron chi connectivity index (χ3n) is 2.14. The maximum absolute atomic E-state index is 11.2. The Hall–Kier alpha value is -2.61. The van der Waals surface area contributed by atoms with Crippen molar-refractivity contribution in [2.45, 2.75) is 0 Å². The smallest absolute Gasteiger partial charge is 0.384 e. The number of benzene rings is 1. The SMILES string of the molecule is COC(=O)C#Cc1ccc2c(c1)C(=O)OC2=O. The maximum atomic E-state index is 11.2. The van der Waals surface area contributed by atoms with E-state index >= 15 is 0 Å². The summed E-state index contributed by atoms with van der Waals surface area (Å²) in [5, 5.41) is 0. The summed E-state index contributed by atoms with van der Waals surface area (Å²) < 4.78 is 8.76. The average Bonchev–Trinajstić information content (AvgIpc) is 2.62. The molecule has 84 valence electrons. The van der Waals surface area contributed by atoms with Crippen molar-refractivity contribution in [1.29, 1.82) is 0 Å². The zero-order chi connectivity index (χ0) is 12.4. The van der Waals surface area contributed by atoms with Gasteiger partial charge in [0, 0.05) is 11.5 Å². The second kappa shape index (κ2) is 4.10. The van der Waals surface area contributed by atoms with Gasteiger partial charge in [0.25, 0.3) is 0 Å². The standard InChI is InChI=1S/C12H6O5/c1-16-10(13)5-3-7-2-4-8-9(6-7)12(15)17-11(8)14/h2,4,6H,1H3. The predicted octanol–water partition coefficient (Wildman–Crippen LogP) is 0.522. The molecular weight excluding hydrogens is 224 g/mol. The van der Waals surface area contributed by atoms with Gasteiger partial charge in [0.2, 0.25) is 0 Å². The van der Waals surface area contributed by atoms with Crippen LogP contribution >= 0.6 is 0 Å². The molecule has 0 spiro atoms. The Morgan fingerprint density at radius 3 is 2.65 bits per heavy atom. The molecule has 0 atom stereocenters. The lowest BCUT2D eigenvalue weighted by molar-refractivity contribution is -0.133. The van der Waals surface area contributed by atoms with Crippen LogP contribution in [0.5, 0.6) is 0 Å². The van der Waals surface area contributed by atoms with Crippen LogP contribution in [-0.4, -0.2) is 25.0 Å². The minimum absolute atomic E-state index is 0.159. The first-order chi connectivity index (χ1) is 8.11. The number of carbonyl (C=O) groups is 3. The highest BCUT2D eigenvalue weighted by atomic mass is 16.6. The van der Waals surface area contributed by atoms with Crippen molar-refractivity contribution < 1.29 is 23.9 Å². The summed E-state index contributed by atoms with van der Waals surface area (Å²) in [5.74, 6) is 2.69. The van der Waals surface area contributed by atoms with Crippen LogP contribution in [0.3, 0.4) is 0 Å². The molecule has 1 heterocycles. The van der Waals surface area contributed by atoms with Crippen molar-refractivity contribution in [3.8, 4) is 11.8 Å². The summed E-state index contributed by atoms with van der Waals surface area (Å²) >= 11 is 0. The van der Waals surface area contributed by atoms with E-state index in [1.54, 1.807) is 0 Å². The minimum Gasteiger partial charge on any atom is -0.459 e. The summed E-state index contributed by atoms with van der Waals surface area (Å²) in [6.07, 6.45) is 0. The van der Waals surface area contributed by atoms with E-state index in [1.165, 1.54) is 25.3 Å². The van der Waals surface area contributed by atoms with E-state index < -0.39 is 17.9 Å². The second-order valence-electron chi connectivity index (χ2n) is 3.18. The fourth-order valence-electron chi connectivity index (χ4n) is 1.34. The molecule has 0 aromatic heterocycles. The Bertz CT molecular complexity index is 589. The van der Waals surface area contributed by atoms with Gasteiger partial charge in [-0.15, -0.1) is 0 Å². The van der Waals surface area contributed by atoms with E-state index in [0.717, 1.165) is 0 Å². The molecule has 0 saturated heterocycles. The number of methoxy groups -OCH3 is 1. The van der Waals surface area contributed by atoms with Gasteiger partial charge >= 0.3 is 17.9 Å². The Morgan fingerprint density at radius 2 is 1.94 bits per heavy atom. The highest BCUT2D eigenvalue weighted by molar-refractivity contribution is 6.14. The maximum Gasteiger partial charge on any atom is 0.384 e. The molecule has 1 aliphatic heterocycles. The van der Waals surface area contributed by atoms with Crippen LogP contribution in [0.15, 0.2) is 18.2 Å². The van der Waals surface area contributed by atoms with E-state index in [2.05, 4.69) is 21.3 Å². The molecule has 1 aromatic carbocycles. The van der Waals surface area contributed by atoms with Crippen molar-refractivity contribution in [3.05, 3.63) is 34.9 Å². The van der Waals surface area contributed by atoms with Crippen molar-refractivity contribution >= 4 is 17.9 Å². The lowest BCUT2D eigenvalue weighted by Crippen LogP contribution is -1.97. The molecule has 0 saturated carbocycles. The van der Waals surface area contributed by atoms with Gasteiger partial charge < -0.3 is 9.47 Å². The minimum atomic E-state index is -0.702. The van der Waals surface area contributed by atoms with E-state index in [0.29, 0.717) is 5.56 Å². The molecule has 0 fully saturated rings. The lowest BCUT2D eigenvalue weighted by Gasteiger charge is -1.93. The summed E-state index contributed by atoms with van der Waals surface area (Å²) in [4.78, 5) is 33.2. The van der Waals surface area contributed by atoms with Gasteiger partial charge in [-0.1, -0.05) is 5.92 Å². The molecular formula is C12H6O5. The van der Waals surface area contributed by atoms with Crippen LogP contribution in [0, 0.1) is 11.8 Å². The molecule has 0 radical (unpaired) electrons. The van der Waals surface area contributed by atoms with Gasteiger partial charge in [0.05, 0.1) is 18.2 Å². The molecule has 0 aliphatic carbocycles. The zero-order valence-electron chi connectivity index (χ0n) is 8.77. The Labute approximate surface area is 96.3 Å². The van der Waals surface area contributed by atoms with Crippen LogP contribution in [0.2, 0.25) is 0 Å². The fraction of sp³-hybridized carbons (Fsp3) is 0.0833. The summed E-state index contributed by atoms with van der Waals surface area (Å²) in [7, 11) is 1.22. The monoisotopic (exact) mass is 230 g/mol. The van der Waals surface area contributed by atoms with E-state index in [-0.39, 0.29) is 11.1 Å². The van der Waals surface area contributed by atoms with Gasteiger partial charge in [-0.05, 0) is 18.2 Å². The van der Waals surface area contributed by atoms with Crippen LogP contribution in [-0.2, 0) is 14.3 Å². The molecule has 0 amide bonds. The predicted molar refractivity (Wildman–Crippen MR) is 55.1 cm³/mol. The first-order valence-corrected chi connectivity index (χ1v) is 4.62. The third-order valence-corrected chi connectivity index (χ3v) is 2.14. The number of ether oxygens (including phenoxy) is 2. The second-order valence-corrected chi connectivity index (χ2v) is 3.18. The zero-order valence-corrected chi connectivity index (χ0v) is 8.77. The van der Waals surface area contributed by atoms with Crippen molar-refractivity contribution in [2.75, 3.05) is 7.11 Å². The largest absolute Gasteiger partial charge is 0.459 e. The molecule has 17 heavy (non-hydrogen) atoms. The number of hydrogen-bond donors (Lipinski definition) is 0. The number of hydrogen-bond acceptors (Lipinski definition) is 5. The van der Waals surface area contributed by atoms with Gasteiger partial charge in [0.1, 0.15) is 0 Å². The van der Waals surface area contributed by atoms with Crippen LogP contribution in [0.25, 0.3) is 0 Å². The topological polar surface area (TPSA) is 69.7 Å². The fourth-order valence-corrected chi connectivity index (χ4v) is 1.34. The summed E-state index contributed by atoms with van der Waals surface area (Å²) in [6, 6.07) is 4.36. The molecule has 0 unspecified atom stereocenters. The van der Waals surface area contributed by atoms with Crippen LogP contribution in [0.4, 0.5) is 0 Å². The van der Waals surface area contributed by atoms with Gasteiger partial charge in [0.15, 0.2) is 0 Å². The average molecular weight is 230 g/mol. The number of esters is 3. The van der Waals surface area contributed by atoms with Crippen molar-refractivity contribution in [3.63, 3.8) is 0 Å². The van der Waals surface area contributed by atoms with Gasteiger partial charge in [-0.25, -0.2) is 14.4 Å². The van der Waals surface area contributed by atoms with E-state index in [4.69, 9.17) is 0 Å². The number of fused-ring (bicyclic) bond motifs is 1. The first kappa shape index (κ1) is 10.9. The molecule has 5 heteroatoms. The van der Waals surface area contributed by atoms with Crippen LogP contribution < -0.4 is 0 Å². The van der Waals surface area contributed by atoms with Gasteiger partial charge in [-0.2, -0.15) is 0 Å². The third kappa shape index (κ3) is 2.01. The molecule has 1 aromatic rings. The number of rotatable bonds is 0. The quantitative estimate of drug-likeness (QED) is 0.369. The highest BCUT2D eigenvalue weighted by Crippen LogP contribution is 2.20. The Kier molecular flexibility index (Phi) is 2.63. The van der Waals surface area contributed by atoms with E-state index in [1.807, 2.05) is 0 Å². The number of cyclic esters (lactones) is 2. The van der Waals surface area contributed by atoms with E-state index in [9.17, 15) is 14.4 Å². The molecule has 1 aliphatic rings. The van der Waals surface area contributed by atoms with Crippen molar-refractivity contribution in [2.24, 2.45) is 0 Å². The number of carbonyl (C=O) groups excluding carboxylic acids is 3. The normalized spacial score (nSPS) is 12.3. The first-order valence-electron chi connectivity index (χ1n) is 4.62. The Morgan fingerprint density at radius 1 is 1.24 bits per heavy atom. The van der Waals surface area contributed by atoms with Crippen LogP contribution in [0.1, 0.15) is 26.3 Å². The summed E-state index contributed by atoms with van der Waals surface area (Å²) in [5.41, 5.74) is 0.797. The Balaban J connectivity index is 2.37. The lowest BCUT2D eigenvalue weighted by atomic mass is 10.1. The van der Waals surface area contributed by atoms with Crippen molar-refractivity contribution in [1.82, 2.24) is 0 Å². The van der Waals surface area contributed by atoms with Gasteiger partial charge in [-0.3, -0.25) is 0 Å². The highest BCUT2D eigenvalue weighted by Gasteiger charge is 2.29. The molecule has 0 bridgehead atoms. The molecule has 0 N–H and O–H groups in total. The summed E-state index contributed by atoms with van der Waals surface area (Å²) in [6.45, 7) is 0. The molecule has 5 nitrogen and oxygen atoms in total. The molecule has 2 rings (SSSR count).